The maximum atomic E-state index is 10.6. The van der Waals surface area contributed by atoms with Crippen LogP contribution in [0, 0.1) is 0 Å². The molecule has 1 atom stereocenters. The summed E-state index contributed by atoms with van der Waals surface area (Å²) in [5.74, 6) is 0.685. The van der Waals surface area contributed by atoms with Crippen LogP contribution < -0.4 is 10.6 Å². The molecule has 138 valence electrons. The molecule has 0 amide bonds. The highest BCUT2D eigenvalue weighted by molar-refractivity contribution is 14.0. The number of aliphatic hydroxyl groups is 1. The van der Waals surface area contributed by atoms with Gasteiger partial charge in [-0.05, 0) is 19.9 Å². The molecule has 1 saturated heterocycles. The van der Waals surface area contributed by atoms with Crippen molar-refractivity contribution in [2.75, 3.05) is 45.9 Å². The maximum absolute atomic E-state index is 10.6. The number of aromatic nitrogens is 2. The molecule has 1 unspecified atom stereocenters. The Balaban J connectivity index is 0.00000288. The molecule has 1 aliphatic rings. The molecular weight excluding hydrogens is 423 g/mol. The average Bonchev–Trinajstić information content (AvgIpc) is 3.04. The number of hydrogen-bond acceptors (Lipinski definition) is 5. The van der Waals surface area contributed by atoms with Gasteiger partial charge in [0.05, 0.1) is 31.1 Å². The Morgan fingerprint density at radius 3 is 2.83 bits per heavy atom. The summed E-state index contributed by atoms with van der Waals surface area (Å²) in [7, 11) is 0. The Hall–Kier alpha value is -0.910. The molecule has 1 aromatic heterocycles. The predicted octanol–water partition coefficient (Wildman–Crippen LogP) is 0.166. The highest BCUT2D eigenvalue weighted by atomic mass is 127. The smallest absolute Gasteiger partial charge is 0.191 e. The fourth-order valence-electron chi connectivity index (χ4n) is 2.45. The van der Waals surface area contributed by atoms with Crippen molar-refractivity contribution in [2.24, 2.45) is 4.99 Å². The van der Waals surface area contributed by atoms with Crippen LogP contribution in [0.15, 0.2) is 17.3 Å². The molecule has 1 aliphatic heterocycles. The highest BCUT2D eigenvalue weighted by Gasteiger charge is 2.25. The van der Waals surface area contributed by atoms with Crippen molar-refractivity contribution >= 4 is 29.9 Å². The number of ether oxygens (including phenoxy) is 1. The number of nitrogens with zero attached hydrogens (tertiary/aromatic N) is 3. The molecule has 0 radical (unpaired) electrons. The van der Waals surface area contributed by atoms with Gasteiger partial charge in [0, 0.05) is 38.9 Å². The normalized spacial score (nSPS) is 18.5. The third kappa shape index (κ3) is 7.77. The molecule has 2 heterocycles. The van der Waals surface area contributed by atoms with Crippen LogP contribution in [-0.2, 0) is 11.3 Å². The predicted molar refractivity (Wildman–Crippen MR) is 105 cm³/mol. The van der Waals surface area contributed by atoms with Crippen molar-refractivity contribution < 1.29 is 9.84 Å². The molecule has 8 nitrogen and oxygen atoms in total. The standard InChI is InChI=1S/C15H28N6O2.HI/c1-3-16-14(17-10-13-4-5-19-20-13)18-11-15(2,22)12-21-6-8-23-9-7-21;/h4-5,22H,3,6-12H2,1-2H3,(H,19,20)(H2,16,17,18);1H. The van der Waals surface area contributed by atoms with Gasteiger partial charge in [0.1, 0.15) is 0 Å². The summed E-state index contributed by atoms with van der Waals surface area (Å²) in [5, 5.41) is 23.8. The van der Waals surface area contributed by atoms with E-state index in [1.165, 1.54) is 0 Å². The fourth-order valence-corrected chi connectivity index (χ4v) is 2.45. The van der Waals surface area contributed by atoms with Crippen LogP contribution in [0.25, 0.3) is 0 Å². The van der Waals surface area contributed by atoms with E-state index in [9.17, 15) is 5.11 Å². The van der Waals surface area contributed by atoms with Gasteiger partial charge < -0.3 is 20.5 Å². The zero-order valence-corrected chi connectivity index (χ0v) is 16.7. The zero-order chi connectivity index (χ0) is 16.5. The lowest BCUT2D eigenvalue weighted by Gasteiger charge is -2.34. The highest BCUT2D eigenvalue weighted by Crippen LogP contribution is 2.07. The van der Waals surface area contributed by atoms with Crippen molar-refractivity contribution in [2.45, 2.75) is 26.0 Å². The van der Waals surface area contributed by atoms with Gasteiger partial charge in [-0.3, -0.25) is 10.00 Å². The molecule has 0 aromatic carbocycles. The molecule has 0 spiro atoms. The summed E-state index contributed by atoms with van der Waals surface area (Å²) in [4.78, 5) is 6.71. The lowest BCUT2D eigenvalue weighted by Crippen LogP contribution is -2.52. The maximum Gasteiger partial charge on any atom is 0.191 e. The minimum absolute atomic E-state index is 0. The first-order chi connectivity index (χ1) is 11.1. The number of H-pyrrole nitrogens is 1. The molecular formula is C15H29IN6O2. The van der Waals surface area contributed by atoms with Gasteiger partial charge in [-0.15, -0.1) is 24.0 Å². The first-order valence-electron chi connectivity index (χ1n) is 8.12. The summed E-state index contributed by atoms with van der Waals surface area (Å²) in [6.45, 7) is 9.38. The van der Waals surface area contributed by atoms with E-state index in [1.54, 1.807) is 6.20 Å². The molecule has 1 fully saturated rings. The lowest BCUT2D eigenvalue weighted by atomic mass is 10.1. The van der Waals surface area contributed by atoms with Gasteiger partial charge >= 0.3 is 0 Å². The Labute approximate surface area is 160 Å². The van der Waals surface area contributed by atoms with E-state index in [0.29, 0.717) is 25.6 Å². The number of hydrogen-bond donors (Lipinski definition) is 4. The Bertz CT molecular complexity index is 474. The van der Waals surface area contributed by atoms with Crippen LogP contribution in [0.5, 0.6) is 0 Å². The van der Waals surface area contributed by atoms with Gasteiger partial charge in [-0.1, -0.05) is 0 Å². The van der Waals surface area contributed by atoms with Crippen LogP contribution in [0.3, 0.4) is 0 Å². The van der Waals surface area contributed by atoms with Crippen molar-refractivity contribution in [3.8, 4) is 0 Å². The summed E-state index contributed by atoms with van der Waals surface area (Å²) in [6, 6.07) is 1.89. The molecule has 2 rings (SSSR count). The second kappa shape index (κ2) is 10.9. The van der Waals surface area contributed by atoms with Crippen LogP contribution in [0.1, 0.15) is 19.5 Å². The van der Waals surface area contributed by atoms with Crippen LogP contribution in [0.2, 0.25) is 0 Å². The molecule has 0 bridgehead atoms. The van der Waals surface area contributed by atoms with Gasteiger partial charge in [-0.25, -0.2) is 4.99 Å². The summed E-state index contributed by atoms with van der Waals surface area (Å²) in [5.41, 5.74) is 0.115. The monoisotopic (exact) mass is 452 g/mol. The van der Waals surface area contributed by atoms with Gasteiger partial charge in [0.15, 0.2) is 5.96 Å². The van der Waals surface area contributed by atoms with Gasteiger partial charge in [-0.2, -0.15) is 5.10 Å². The first-order valence-corrected chi connectivity index (χ1v) is 8.12. The molecule has 1 aromatic rings. The summed E-state index contributed by atoms with van der Waals surface area (Å²) < 4.78 is 5.34. The van der Waals surface area contributed by atoms with Crippen molar-refractivity contribution in [1.29, 1.82) is 0 Å². The second-order valence-electron chi connectivity index (χ2n) is 6.02. The van der Waals surface area contributed by atoms with Crippen LogP contribution in [0.4, 0.5) is 0 Å². The van der Waals surface area contributed by atoms with E-state index in [0.717, 1.165) is 38.5 Å². The van der Waals surface area contributed by atoms with Gasteiger partial charge in [0.2, 0.25) is 0 Å². The lowest BCUT2D eigenvalue weighted by molar-refractivity contribution is -0.0201. The quantitative estimate of drug-likeness (QED) is 0.268. The Morgan fingerprint density at radius 2 is 2.21 bits per heavy atom. The summed E-state index contributed by atoms with van der Waals surface area (Å²) >= 11 is 0. The van der Waals surface area contributed by atoms with Crippen molar-refractivity contribution in [3.05, 3.63) is 18.0 Å². The molecule has 0 aliphatic carbocycles. The first kappa shape index (κ1) is 21.1. The number of halogens is 1. The molecule has 0 saturated carbocycles. The number of morpholine rings is 1. The number of guanidine groups is 1. The largest absolute Gasteiger partial charge is 0.387 e. The van der Waals surface area contributed by atoms with Crippen molar-refractivity contribution in [1.82, 2.24) is 25.7 Å². The van der Waals surface area contributed by atoms with E-state index < -0.39 is 5.60 Å². The van der Waals surface area contributed by atoms with Crippen molar-refractivity contribution in [3.63, 3.8) is 0 Å². The second-order valence-corrected chi connectivity index (χ2v) is 6.02. The number of aromatic amines is 1. The average molecular weight is 452 g/mol. The SMILES string of the molecule is CCNC(=NCc1ccn[nH]1)NCC(C)(O)CN1CCOCC1.I. The Kier molecular flexibility index (Phi) is 9.56. The Morgan fingerprint density at radius 1 is 1.46 bits per heavy atom. The topological polar surface area (TPSA) is 97.8 Å². The van der Waals surface area contributed by atoms with Crippen LogP contribution in [-0.4, -0.2) is 77.7 Å². The number of rotatable bonds is 7. The molecule has 24 heavy (non-hydrogen) atoms. The zero-order valence-electron chi connectivity index (χ0n) is 14.4. The number of β-amino-alcohol motifs (C(OH)–C–C–N with tert-alkyl or cyclic N) is 1. The van der Waals surface area contributed by atoms with E-state index in [2.05, 4.69) is 30.7 Å². The number of aliphatic imine (C=N–C) groups is 1. The summed E-state index contributed by atoms with van der Waals surface area (Å²) in [6.07, 6.45) is 1.71. The van der Waals surface area contributed by atoms with E-state index in [4.69, 9.17) is 4.74 Å². The fraction of sp³-hybridized carbons (Fsp3) is 0.733. The van der Waals surface area contributed by atoms with E-state index >= 15 is 0 Å². The molecule has 4 N–H and O–H groups in total. The molecule has 9 heteroatoms. The van der Waals surface area contributed by atoms with Crippen LogP contribution >= 0.6 is 24.0 Å². The van der Waals surface area contributed by atoms with E-state index in [1.807, 2.05) is 19.9 Å². The minimum Gasteiger partial charge on any atom is -0.387 e. The third-order valence-corrected chi connectivity index (χ3v) is 3.61. The number of nitrogens with one attached hydrogen (secondary N) is 3. The van der Waals surface area contributed by atoms with E-state index in [-0.39, 0.29) is 24.0 Å². The third-order valence-electron chi connectivity index (χ3n) is 3.61. The minimum atomic E-state index is -0.832. The van der Waals surface area contributed by atoms with Gasteiger partial charge in [0.25, 0.3) is 0 Å².